The van der Waals surface area contributed by atoms with Gasteiger partial charge >= 0.3 is 0 Å². The van der Waals surface area contributed by atoms with Crippen LogP contribution in [-0.2, 0) is 4.79 Å². The topological polar surface area (TPSA) is 71.0 Å². The number of anilines is 1. The van der Waals surface area contributed by atoms with Crippen molar-refractivity contribution in [3.05, 3.63) is 93.5 Å². The zero-order valence-electron chi connectivity index (χ0n) is 17.5. The first-order valence-electron chi connectivity index (χ1n) is 9.92. The van der Waals surface area contributed by atoms with Gasteiger partial charge in [-0.05, 0) is 54.1 Å². The fourth-order valence-corrected chi connectivity index (χ4v) is 4.96. The molecule has 6 nitrogen and oxygen atoms in total. The quantitative estimate of drug-likeness (QED) is 0.356. The maximum absolute atomic E-state index is 12.6. The lowest BCUT2D eigenvalue weighted by Gasteiger charge is -2.24. The highest BCUT2D eigenvalue weighted by molar-refractivity contribution is 8.00. The van der Waals surface area contributed by atoms with Crippen LogP contribution in [0.3, 0.4) is 0 Å². The highest BCUT2D eigenvalue weighted by Crippen LogP contribution is 2.42. The van der Waals surface area contributed by atoms with Crippen LogP contribution in [0, 0.1) is 0 Å². The molecule has 168 valence electrons. The van der Waals surface area contributed by atoms with Crippen LogP contribution >= 0.6 is 35.0 Å². The summed E-state index contributed by atoms with van der Waals surface area (Å²) in [5.41, 5.74) is 5.25. The monoisotopic (exact) mass is 499 g/mol. The number of hydrazone groups is 1. The third kappa shape index (κ3) is 5.33. The molecule has 1 heterocycles. The maximum atomic E-state index is 12.6. The minimum Gasteiger partial charge on any atom is -0.497 e. The third-order valence-corrected chi connectivity index (χ3v) is 6.78. The van der Waals surface area contributed by atoms with Crippen LogP contribution in [0.5, 0.6) is 5.75 Å². The normalized spacial score (nSPS) is 15.8. The molecule has 4 rings (SSSR count). The van der Waals surface area contributed by atoms with Gasteiger partial charge in [-0.2, -0.15) is 5.10 Å². The summed E-state index contributed by atoms with van der Waals surface area (Å²) in [6.07, 6.45) is 1.45. The van der Waals surface area contributed by atoms with Crippen molar-refractivity contribution in [1.82, 2.24) is 5.43 Å². The first-order valence-corrected chi connectivity index (χ1v) is 11.7. The Hall–Kier alpha value is -3.00. The van der Waals surface area contributed by atoms with Gasteiger partial charge in [-0.15, -0.1) is 11.8 Å². The Balaban J connectivity index is 1.45. The van der Waals surface area contributed by atoms with E-state index in [-0.39, 0.29) is 17.2 Å². The number of benzene rings is 3. The molecule has 0 aromatic heterocycles. The Morgan fingerprint density at radius 2 is 1.85 bits per heavy atom. The van der Waals surface area contributed by atoms with Gasteiger partial charge in [0.15, 0.2) is 0 Å². The van der Waals surface area contributed by atoms with Crippen LogP contribution < -0.4 is 15.1 Å². The average Bonchev–Trinajstić information content (AvgIpc) is 3.21. The SMILES string of the molecule is COc1ccc([C@H]2SCC(=O)N2c2ccc(C(=O)N/N=C\c3ccc(Cl)cc3Cl)cc2)cc1. The van der Waals surface area contributed by atoms with Crippen molar-refractivity contribution in [1.29, 1.82) is 0 Å². The Morgan fingerprint density at radius 3 is 2.52 bits per heavy atom. The number of thioether (sulfide) groups is 1. The number of hydrogen-bond acceptors (Lipinski definition) is 5. The van der Waals surface area contributed by atoms with E-state index in [1.54, 1.807) is 66.2 Å². The Kier molecular flexibility index (Phi) is 7.23. The first-order chi connectivity index (χ1) is 16.0. The summed E-state index contributed by atoms with van der Waals surface area (Å²) in [6, 6.07) is 19.5. The minimum atomic E-state index is -0.378. The van der Waals surface area contributed by atoms with E-state index in [0.717, 1.165) is 17.0 Å². The Bertz CT molecular complexity index is 1200. The summed E-state index contributed by atoms with van der Waals surface area (Å²) < 4.78 is 5.22. The van der Waals surface area contributed by atoms with Crippen LogP contribution in [0.2, 0.25) is 10.0 Å². The van der Waals surface area contributed by atoms with Crippen molar-refractivity contribution in [3.63, 3.8) is 0 Å². The van der Waals surface area contributed by atoms with E-state index in [1.807, 2.05) is 24.3 Å². The van der Waals surface area contributed by atoms with Crippen LogP contribution in [-0.4, -0.2) is 30.9 Å². The van der Waals surface area contributed by atoms with Gasteiger partial charge in [0.05, 0.1) is 24.1 Å². The van der Waals surface area contributed by atoms with Gasteiger partial charge in [0, 0.05) is 21.8 Å². The molecule has 0 radical (unpaired) electrons. The molecule has 0 unspecified atom stereocenters. The van der Waals surface area contributed by atoms with Crippen molar-refractivity contribution < 1.29 is 14.3 Å². The number of methoxy groups -OCH3 is 1. The lowest BCUT2D eigenvalue weighted by Crippen LogP contribution is -2.28. The number of amides is 2. The minimum absolute atomic E-state index is 0.0162. The third-order valence-electron chi connectivity index (χ3n) is 5.01. The molecule has 2 amide bonds. The zero-order chi connectivity index (χ0) is 23.4. The fourth-order valence-electron chi connectivity index (χ4n) is 3.32. The van der Waals surface area contributed by atoms with Gasteiger partial charge in [-0.25, -0.2) is 5.43 Å². The number of nitrogens with one attached hydrogen (secondary N) is 1. The summed E-state index contributed by atoms with van der Waals surface area (Å²) in [5, 5.41) is 4.77. The van der Waals surface area contributed by atoms with E-state index in [0.29, 0.717) is 26.9 Å². The molecule has 0 bridgehead atoms. The van der Waals surface area contributed by atoms with Crippen molar-refractivity contribution in [2.45, 2.75) is 5.37 Å². The highest BCUT2D eigenvalue weighted by Gasteiger charge is 2.34. The number of halogens is 2. The van der Waals surface area contributed by atoms with E-state index < -0.39 is 0 Å². The van der Waals surface area contributed by atoms with E-state index in [1.165, 1.54) is 6.21 Å². The van der Waals surface area contributed by atoms with E-state index in [2.05, 4.69) is 10.5 Å². The predicted molar refractivity (Wildman–Crippen MR) is 134 cm³/mol. The lowest BCUT2D eigenvalue weighted by molar-refractivity contribution is -0.115. The summed E-state index contributed by atoms with van der Waals surface area (Å²) in [4.78, 5) is 26.8. The maximum Gasteiger partial charge on any atom is 0.271 e. The summed E-state index contributed by atoms with van der Waals surface area (Å²) in [7, 11) is 1.62. The Morgan fingerprint density at radius 1 is 1.12 bits per heavy atom. The standard InChI is InChI=1S/C24H19Cl2N3O3S/c1-32-20-10-5-16(6-11-20)24-29(22(30)14-33-24)19-8-3-15(4-9-19)23(31)28-27-13-17-2-7-18(25)12-21(17)26/h2-13,24H,14H2,1H3,(H,28,31)/b27-13-/t24-/m1/s1. The molecule has 1 saturated heterocycles. The van der Waals surface area contributed by atoms with Crippen LogP contribution in [0.15, 0.2) is 71.8 Å². The van der Waals surface area contributed by atoms with E-state index in [9.17, 15) is 9.59 Å². The molecule has 3 aromatic carbocycles. The number of rotatable bonds is 6. The van der Waals surface area contributed by atoms with Gasteiger partial charge in [0.2, 0.25) is 5.91 Å². The molecule has 0 saturated carbocycles. The first kappa shape index (κ1) is 23.2. The van der Waals surface area contributed by atoms with Gasteiger partial charge < -0.3 is 4.74 Å². The highest BCUT2D eigenvalue weighted by atomic mass is 35.5. The largest absolute Gasteiger partial charge is 0.497 e. The fraction of sp³-hybridized carbons (Fsp3) is 0.125. The molecule has 0 aliphatic carbocycles. The second kappa shape index (κ2) is 10.3. The Labute approximate surface area is 205 Å². The molecule has 1 aliphatic heterocycles. The molecular weight excluding hydrogens is 481 g/mol. The molecule has 1 atom stereocenters. The number of hydrogen-bond donors (Lipinski definition) is 1. The molecular formula is C24H19Cl2N3O3S. The van der Waals surface area contributed by atoms with Gasteiger partial charge in [-0.1, -0.05) is 41.4 Å². The second-order valence-electron chi connectivity index (χ2n) is 7.11. The smallest absolute Gasteiger partial charge is 0.271 e. The number of carbonyl (C=O) groups excluding carboxylic acids is 2. The van der Waals surface area contributed by atoms with E-state index >= 15 is 0 Å². The molecule has 1 fully saturated rings. The van der Waals surface area contributed by atoms with Crippen LogP contribution in [0.1, 0.15) is 26.9 Å². The average molecular weight is 500 g/mol. The number of carbonyl (C=O) groups is 2. The van der Waals surface area contributed by atoms with Gasteiger partial charge in [0.1, 0.15) is 11.1 Å². The zero-order valence-corrected chi connectivity index (χ0v) is 19.8. The molecule has 9 heteroatoms. The lowest BCUT2D eigenvalue weighted by atomic mass is 10.1. The van der Waals surface area contributed by atoms with Crippen molar-refractivity contribution >= 4 is 58.7 Å². The van der Waals surface area contributed by atoms with Crippen LogP contribution in [0.25, 0.3) is 0 Å². The summed E-state index contributed by atoms with van der Waals surface area (Å²) in [5.74, 6) is 0.788. The number of nitrogens with zero attached hydrogens (tertiary/aromatic N) is 2. The molecule has 3 aromatic rings. The molecule has 33 heavy (non-hydrogen) atoms. The molecule has 1 N–H and O–H groups in total. The van der Waals surface area contributed by atoms with Gasteiger partial charge in [-0.3, -0.25) is 14.5 Å². The van der Waals surface area contributed by atoms with E-state index in [4.69, 9.17) is 27.9 Å². The summed E-state index contributed by atoms with van der Waals surface area (Å²) >= 11 is 13.5. The molecule has 0 spiro atoms. The van der Waals surface area contributed by atoms with Crippen molar-refractivity contribution in [2.75, 3.05) is 17.8 Å². The van der Waals surface area contributed by atoms with Gasteiger partial charge in [0.25, 0.3) is 5.91 Å². The van der Waals surface area contributed by atoms with Crippen molar-refractivity contribution in [3.8, 4) is 5.75 Å². The summed E-state index contributed by atoms with van der Waals surface area (Å²) in [6.45, 7) is 0. The van der Waals surface area contributed by atoms with Crippen molar-refractivity contribution in [2.24, 2.45) is 5.10 Å². The predicted octanol–water partition coefficient (Wildman–Crippen LogP) is 5.54. The second-order valence-corrected chi connectivity index (χ2v) is 9.02. The van der Waals surface area contributed by atoms with Crippen LogP contribution in [0.4, 0.5) is 5.69 Å². The number of ether oxygens (including phenoxy) is 1. The molecule has 1 aliphatic rings.